The third-order valence-electron chi connectivity index (χ3n) is 2.99. The first-order valence-corrected chi connectivity index (χ1v) is 7.51. The largest absolute Gasteiger partial charge is 0.329 e. The van der Waals surface area contributed by atoms with Gasteiger partial charge in [-0.25, -0.2) is 8.42 Å². The normalized spacial score (nSPS) is 11.9. The molecule has 2 aromatic rings. The molecule has 7 heteroatoms. The molecule has 0 saturated heterocycles. The summed E-state index contributed by atoms with van der Waals surface area (Å²) in [5.74, 6) is 0. The summed E-state index contributed by atoms with van der Waals surface area (Å²) in [5.41, 5.74) is 7.29. The standard InChI is InChI=1S/C14H16N2O2S.2ClH/c1-11-4-6-13(7-5-11)19(17,18)14(9-15)12-3-2-8-16-10-12;;/h2-8,10,14H,9,15H2,1H3;2*1H. The topological polar surface area (TPSA) is 73.0 Å². The predicted molar refractivity (Wildman–Crippen MR) is 88.9 cm³/mol. The number of nitrogens with two attached hydrogens (primary N) is 1. The zero-order valence-electron chi connectivity index (χ0n) is 11.5. The van der Waals surface area contributed by atoms with Crippen molar-refractivity contribution in [3.8, 4) is 0 Å². The molecule has 2 N–H and O–H groups in total. The number of hydrogen-bond donors (Lipinski definition) is 1. The Labute approximate surface area is 137 Å². The lowest BCUT2D eigenvalue weighted by atomic mass is 10.2. The van der Waals surface area contributed by atoms with Crippen molar-refractivity contribution in [2.75, 3.05) is 6.54 Å². The Kier molecular flexibility index (Phi) is 7.89. The van der Waals surface area contributed by atoms with Crippen LogP contribution in [0.4, 0.5) is 0 Å². The molecule has 0 spiro atoms. The van der Waals surface area contributed by atoms with Gasteiger partial charge in [0.2, 0.25) is 0 Å². The van der Waals surface area contributed by atoms with E-state index in [1.54, 1.807) is 48.8 Å². The minimum atomic E-state index is -3.49. The minimum Gasteiger partial charge on any atom is -0.329 e. The summed E-state index contributed by atoms with van der Waals surface area (Å²) in [4.78, 5) is 4.24. The Bertz CT molecular complexity index is 646. The van der Waals surface area contributed by atoms with Gasteiger partial charge < -0.3 is 5.73 Å². The predicted octanol–water partition coefficient (Wildman–Crippen LogP) is 2.71. The number of rotatable bonds is 4. The molecule has 1 unspecified atom stereocenters. The molecule has 0 amide bonds. The van der Waals surface area contributed by atoms with E-state index < -0.39 is 15.1 Å². The van der Waals surface area contributed by atoms with Crippen LogP contribution >= 0.6 is 24.8 Å². The second-order valence-electron chi connectivity index (χ2n) is 4.37. The van der Waals surface area contributed by atoms with E-state index >= 15 is 0 Å². The number of sulfone groups is 1. The van der Waals surface area contributed by atoms with Gasteiger partial charge in [-0.3, -0.25) is 4.98 Å². The van der Waals surface area contributed by atoms with Crippen LogP contribution in [0.15, 0.2) is 53.7 Å². The first kappa shape index (κ1) is 19.9. The van der Waals surface area contributed by atoms with E-state index in [4.69, 9.17) is 5.73 Å². The minimum absolute atomic E-state index is 0. The van der Waals surface area contributed by atoms with Crippen molar-refractivity contribution < 1.29 is 8.42 Å². The average Bonchev–Trinajstić information content (AvgIpc) is 2.41. The average molecular weight is 349 g/mol. The van der Waals surface area contributed by atoms with Gasteiger partial charge in [0.15, 0.2) is 9.84 Å². The molecular formula is C14H18Cl2N2O2S. The first-order valence-electron chi connectivity index (χ1n) is 5.96. The first-order chi connectivity index (χ1) is 9.05. The van der Waals surface area contributed by atoms with Crippen LogP contribution in [0.5, 0.6) is 0 Å². The Balaban J connectivity index is 0.00000200. The van der Waals surface area contributed by atoms with E-state index in [1.807, 2.05) is 6.92 Å². The summed E-state index contributed by atoms with van der Waals surface area (Å²) < 4.78 is 25.1. The van der Waals surface area contributed by atoms with Crippen molar-refractivity contribution in [2.45, 2.75) is 17.1 Å². The second kappa shape index (κ2) is 8.34. The van der Waals surface area contributed by atoms with Gasteiger partial charge in [-0.1, -0.05) is 23.8 Å². The van der Waals surface area contributed by atoms with Crippen LogP contribution in [0.2, 0.25) is 0 Å². The highest BCUT2D eigenvalue weighted by Gasteiger charge is 2.27. The van der Waals surface area contributed by atoms with Gasteiger partial charge in [-0.15, -0.1) is 24.8 Å². The lowest BCUT2D eigenvalue weighted by Gasteiger charge is -2.16. The van der Waals surface area contributed by atoms with E-state index in [9.17, 15) is 8.42 Å². The van der Waals surface area contributed by atoms with E-state index in [1.165, 1.54) is 0 Å². The number of pyridine rings is 1. The zero-order valence-corrected chi connectivity index (χ0v) is 13.9. The lowest BCUT2D eigenvalue weighted by molar-refractivity contribution is 0.582. The molecule has 1 aromatic heterocycles. The van der Waals surface area contributed by atoms with Gasteiger partial charge in [0.1, 0.15) is 5.25 Å². The fourth-order valence-electron chi connectivity index (χ4n) is 1.90. The lowest BCUT2D eigenvalue weighted by Crippen LogP contribution is -2.22. The molecule has 0 radical (unpaired) electrons. The maximum atomic E-state index is 12.6. The Morgan fingerprint density at radius 3 is 2.24 bits per heavy atom. The summed E-state index contributed by atoms with van der Waals surface area (Å²) >= 11 is 0. The third kappa shape index (κ3) is 4.41. The van der Waals surface area contributed by atoms with Crippen molar-refractivity contribution >= 4 is 34.7 Å². The molecular weight excluding hydrogens is 331 g/mol. The van der Waals surface area contributed by atoms with E-state index in [2.05, 4.69) is 4.98 Å². The molecule has 0 aliphatic carbocycles. The van der Waals surface area contributed by atoms with Crippen LogP contribution in [0, 0.1) is 6.92 Å². The summed E-state index contributed by atoms with van der Waals surface area (Å²) in [6, 6.07) is 10.2. The van der Waals surface area contributed by atoms with E-state index in [0.717, 1.165) is 5.56 Å². The summed E-state index contributed by atoms with van der Waals surface area (Å²) in [6.45, 7) is 1.94. The maximum absolute atomic E-state index is 12.6. The van der Waals surface area contributed by atoms with Gasteiger partial charge in [0.25, 0.3) is 0 Å². The maximum Gasteiger partial charge on any atom is 0.186 e. The molecule has 116 valence electrons. The Hall–Kier alpha value is -1.14. The summed E-state index contributed by atoms with van der Waals surface area (Å²) in [5, 5.41) is -0.760. The number of benzene rings is 1. The highest BCUT2D eigenvalue weighted by Crippen LogP contribution is 2.27. The molecule has 0 fully saturated rings. The SMILES string of the molecule is Cc1ccc(S(=O)(=O)C(CN)c2cccnc2)cc1.Cl.Cl. The van der Waals surface area contributed by atoms with Crippen molar-refractivity contribution in [3.63, 3.8) is 0 Å². The van der Waals surface area contributed by atoms with Crippen LogP contribution in [-0.4, -0.2) is 19.9 Å². The fourth-order valence-corrected chi connectivity index (χ4v) is 3.50. The summed E-state index contributed by atoms with van der Waals surface area (Å²) in [6.07, 6.45) is 3.15. The van der Waals surface area contributed by atoms with Crippen molar-refractivity contribution in [1.29, 1.82) is 0 Å². The molecule has 4 nitrogen and oxygen atoms in total. The molecule has 21 heavy (non-hydrogen) atoms. The van der Waals surface area contributed by atoms with E-state index in [0.29, 0.717) is 5.56 Å². The van der Waals surface area contributed by atoms with E-state index in [-0.39, 0.29) is 36.3 Å². The number of nitrogens with zero attached hydrogens (tertiary/aromatic N) is 1. The van der Waals surface area contributed by atoms with Crippen molar-refractivity contribution in [1.82, 2.24) is 4.98 Å². The third-order valence-corrected chi connectivity index (χ3v) is 5.14. The highest BCUT2D eigenvalue weighted by molar-refractivity contribution is 7.91. The molecule has 1 atom stereocenters. The highest BCUT2D eigenvalue weighted by atomic mass is 35.5. The molecule has 0 aliphatic rings. The van der Waals surface area contributed by atoms with Crippen LogP contribution in [-0.2, 0) is 9.84 Å². The zero-order chi connectivity index (χ0) is 13.9. The van der Waals surface area contributed by atoms with Gasteiger partial charge in [-0.05, 0) is 30.7 Å². The monoisotopic (exact) mass is 348 g/mol. The molecule has 0 aliphatic heterocycles. The summed E-state index contributed by atoms with van der Waals surface area (Å²) in [7, 11) is -3.49. The quantitative estimate of drug-likeness (QED) is 0.921. The Morgan fingerprint density at radius 2 is 1.76 bits per heavy atom. The van der Waals surface area contributed by atoms with Gasteiger partial charge in [-0.2, -0.15) is 0 Å². The smallest absolute Gasteiger partial charge is 0.186 e. The van der Waals surface area contributed by atoms with Crippen LogP contribution in [0.3, 0.4) is 0 Å². The fraction of sp³-hybridized carbons (Fsp3) is 0.214. The van der Waals surface area contributed by atoms with Crippen molar-refractivity contribution in [2.24, 2.45) is 5.73 Å². The molecule has 0 bridgehead atoms. The van der Waals surface area contributed by atoms with Gasteiger partial charge in [0, 0.05) is 18.9 Å². The number of halogens is 2. The number of aromatic nitrogens is 1. The number of aryl methyl sites for hydroxylation is 1. The van der Waals surface area contributed by atoms with Crippen LogP contribution < -0.4 is 5.73 Å². The van der Waals surface area contributed by atoms with Gasteiger partial charge in [0.05, 0.1) is 4.90 Å². The second-order valence-corrected chi connectivity index (χ2v) is 6.50. The van der Waals surface area contributed by atoms with Crippen LogP contribution in [0.1, 0.15) is 16.4 Å². The number of hydrogen-bond acceptors (Lipinski definition) is 4. The van der Waals surface area contributed by atoms with Crippen molar-refractivity contribution in [3.05, 3.63) is 59.9 Å². The Morgan fingerprint density at radius 1 is 1.14 bits per heavy atom. The molecule has 1 heterocycles. The molecule has 0 saturated carbocycles. The molecule has 1 aromatic carbocycles. The van der Waals surface area contributed by atoms with Crippen LogP contribution in [0.25, 0.3) is 0 Å². The van der Waals surface area contributed by atoms with Gasteiger partial charge >= 0.3 is 0 Å². The molecule has 2 rings (SSSR count).